The lowest BCUT2D eigenvalue weighted by Gasteiger charge is -2.13. The van der Waals surface area contributed by atoms with Crippen molar-refractivity contribution in [2.75, 3.05) is 19.6 Å². The van der Waals surface area contributed by atoms with E-state index in [9.17, 15) is 13.2 Å². The molecular weight excluding hydrogens is 224 g/mol. The molecule has 1 amide bonds. The zero-order valence-electron chi connectivity index (χ0n) is 9.10. The van der Waals surface area contributed by atoms with Crippen LogP contribution in [0, 0.1) is 0 Å². The van der Waals surface area contributed by atoms with Gasteiger partial charge in [-0.1, -0.05) is 20.8 Å². The minimum absolute atomic E-state index is 0.826. The number of hydrogen-bond donors (Lipinski definition) is 3. The molecule has 0 unspecified atom stereocenters. The molecule has 0 aromatic heterocycles. The van der Waals surface area contributed by atoms with Crippen LogP contribution in [0.1, 0.15) is 20.8 Å². The zero-order valence-corrected chi connectivity index (χ0v) is 9.91. The third-order valence-corrected chi connectivity index (χ3v) is 1.99. The van der Waals surface area contributed by atoms with Gasteiger partial charge in [-0.05, 0) is 19.6 Å². The van der Waals surface area contributed by atoms with Crippen LogP contribution in [0.15, 0.2) is 0 Å². The van der Waals surface area contributed by atoms with Gasteiger partial charge < -0.3 is 10.0 Å². The van der Waals surface area contributed by atoms with Gasteiger partial charge in [-0.25, -0.2) is 4.79 Å². The first-order valence-electron chi connectivity index (χ1n) is 4.47. The first kappa shape index (κ1) is 16.6. The van der Waals surface area contributed by atoms with Crippen molar-refractivity contribution < 1.29 is 22.9 Å². The van der Waals surface area contributed by atoms with E-state index >= 15 is 0 Å². The molecule has 0 atom stereocenters. The van der Waals surface area contributed by atoms with Crippen molar-refractivity contribution >= 4 is 16.4 Å². The number of carbonyl (C=O) groups is 1. The molecule has 7 nitrogen and oxygen atoms in total. The number of nitrogens with zero attached hydrogens (tertiary/aromatic N) is 1. The summed E-state index contributed by atoms with van der Waals surface area (Å²) >= 11 is 0. The normalized spacial score (nSPS) is 10.5. The largest absolute Gasteiger partial charge is 0.464 e. The Morgan fingerprint density at radius 1 is 1.20 bits per heavy atom. The SMILES string of the molecule is CCN(CC)CC.O=C(O)NS(=O)(=O)O. The molecule has 0 fully saturated rings. The number of carboxylic acid groups (broad SMARTS) is 1. The fourth-order valence-corrected chi connectivity index (χ4v) is 1.00. The third-order valence-electron chi connectivity index (χ3n) is 1.56. The van der Waals surface area contributed by atoms with E-state index in [1.54, 1.807) is 0 Å². The fraction of sp³-hybridized carbons (Fsp3) is 0.857. The molecule has 0 saturated heterocycles. The Kier molecular flexibility index (Phi) is 9.33. The van der Waals surface area contributed by atoms with Crippen LogP contribution in [0.5, 0.6) is 0 Å². The van der Waals surface area contributed by atoms with Gasteiger partial charge in [0.1, 0.15) is 0 Å². The predicted octanol–water partition coefficient (Wildman–Crippen LogP) is 0.405. The Balaban J connectivity index is 0. The maximum atomic E-state index is 9.51. The number of rotatable bonds is 4. The highest BCUT2D eigenvalue weighted by atomic mass is 32.2. The summed E-state index contributed by atoms with van der Waals surface area (Å²) in [5, 5.41) is 7.60. The van der Waals surface area contributed by atoms with Gasteiger partial charge in [0.15, 0.2) is 0 Å². The summed E-state index contributed by atoms with van der Waals surface area (Å²) in [6.45, 7) is 10.1. The summed E-state index contributed by atoms with van der Waals surface area (Å²) in [6.07, 6.45) is -1.81. The second-order valence-electron chi connectivity index (χ2n) is 2.50. The summed E-state index contributed by atoms with van der Waals surface area (Å²) in [6, 6.07) is 0. The van der Waals surface area contributed by atoms with Gasteiger partial charge in [-0.2, -0.15) is 13.1 Å². The smallest absolute Gasteiger partial charge is 0.420 e. The molecule has 0 aliphatic heterocycles. The molecule has 0 saturated carbocycles. The van der Waals surface area contributed by atoms with Gasteiger partial charge in [-0.15, -0.1) is 0 Å². The first-order valence-corrected chi connectivity index (χ1v) is 5.91. The average Bonchev–Trinajstić information content (AvgIpc) is 2.03. The van der Waals surface area contributed by atoms with E-state index in [-0.39, 0.29) is 0 Å². The Labute approximate surface area is 90.0 Å². The second kappa shape index (κ2) is 8.45. The van der Waals surface area contributed by atoms with Gasteiger partial charge in [0.05, 0.1) is 0 Å². The lowest BCUT2D eigenvalue weighted by atomic mass is 10.5. The highest BCUT2D eigenvalue weighted by Crippen LogP contribution is 1.81. The second-order valence-corrected chi connectivity index (χ2v) is 3.66. The van der Waals surface area contributed by atoms with E-state index in [1.165, 1.54) is 19.6 Å². The molecule has 0 heterocycles. The van der Waals surface area contributed by atoms with E-state index in [1.807, 2.05) is 0 Å². The predicted molar refractivity (Wildman–Crippen MR) is 56.2 cm³/mol. The molecule has 92 valence electrons. The lowest BCUT2D eigenvalue weighted by Crippen LogP contribution is -2.27. The minimum Gasteiger partial charge on any atom is -0.464 e. The van der Waals surface area contributed by atoms with Crippen LogP contribution in [-0.4, -0.2) is 48.7 Å². The van der Waals surface area contributed by atoms with Crippen LogP contribution in [-0.2, 0) is 10.3 Å². The molecule has 15 heavy (non-hydrogen) atoms. The van der Waals surface area contributed by atoms with Crippen molar-refractivity contribution in [1.29, 1.82) is 0 Å². The molecule has 0 rings (SSSR count). The number of nitrogens with one attached hydrogen (secondary N) is 1. The first-order chi connectivity index (χ1) is 6.76. The minimum atomic E-state index is -4.57. The van der Waals surface area contributed by atoms with E-state index in [2.05, 4.69) is 25.7 Å². The van der Waals surface area contributed by atoms with Gasteiger partial charge >= 0.3 is 16.4 Å². The van der Waals surface area contributed by atoms with Gasteiger partial charge in [0.2, 0.25) is 0 Å². The van der Waals surface area contributed by atoms with Gasteiger partial charge in [0, 0.05) is 0 Å². The van der Waals surface area contributed by atoms with Crippen molar-refractivity contribution in [1.82, 2.24) is 9.62 Å². The van der Waals surface area contributed by atoms with Crippen molar-refractivity contribution in [2.24, 2.45) is 0 Å². The maximum Gasteiger partial charge on any atom is 0.420 e. The summed E-state index contributed by atoms with van der Waals surface area (Å²) in [5.41, 5.74) is 0. The van der Waals surface area contributed by atoms with Crippen LogP contribution >= 0.6 is 0 Å². The molecule has 0 aromatic carbocycles. The summed E-state index contributed by atoms with van der Waals surface area (Å²) < 4.78 is 27.5. The highest BCUT2D eigenvalue weighted by Gasteiger charge is 2.05. The highest BCUT2D eigenvalue weighted by molar-refractivity contribution is 7.84. The Hall–Kier alpha value is -0.860. The van der Waals surface area contributed by atoms with E-state index in [4.69, 9.17) is 9.66 Å². The van der Waals surface area contributed by atoms with Crippen molar-refractivity contribution in [3.05, 3.63) is 0 Å². The maximum absolute atomic E-state index is 9.51. The molecule has 3 N–H and O–H groups in total. The molecule has 0 spiro atoms. The topological polar surface area (TPSA) is 107 Å². The molecular formula is C7H18N2O5S. The van der Waals surface area contributed by atoms with E-state index in [0.717, 1.165) is 4.72 Å². The van der Waals surface area contributed by atoms with Crippen LogP contribution in [0.4, 0.5) is 4.79 Å². The van der Waals surface area contributed by atoms with Crippen molar-refractivity contribution in [3.8, 4) is 0 Å². The quantitative estimate of drug-likeness (QED) is 0.616. The average molecular weight is 242 g/mol. The summed E-state index contributed by atoms with van der Waals surface area (Å²) in [7, 11) is -4.57. The molecule has 0 aromatic rings. The fourth-order valence-electron chi connectivity index (χ4n) is 0.781. The van der Waals surface area contributed by atoms with E-state index in [0.29, 0.717) is 0 Å². The van der Waals surface area contributed by atoms with Crippen LogP contribution < -0.4 is 4.72 Å². The standard InChI is InChI=1S/C6H15N.CH3NO5S/c1-4-7(5-2)6-3;3-1(4)2-8(5,6)7/h4-6H2,1-3H3;2H,(H,3,4)(H,5,6,7). The Morgan fingerprint density at radius 3 is 1.53 bits per heavy atom. The molecule has 0 bridgehead atoms. The van der Waals surface area contributed by atoms with Crippen LogP contribution in [0.3, 0.4) is 0 Å². The molecule has 0 aliphatic carbocycles. The summed E-state index contributed by atoms with van der Waals surface area (Å²) in [5.74, 6) is 0. The van der Waals surface area contributed by atoms with Gasteiger partial charge in [-0.3, -0.25) is 4.55 Å². The zero-order chi connectivity index (χ0) is 12.5. The van der Waals surface area contributed by atoms with Crippen LogP contribution in [0.25, 0.3) is 0 Å². The van der Waals surface area contributed by atoms with Crippen molar-refractivity contribution in [2.45, 2.75) is 20.8 Å². The van der Waals surface area contributed by atoms with Gasteiger partial charge in [0.25, 0.3) is 0 Å². The lowest BCUT2D eigenvalue weighted by molar-refractivity contribution is 0.200. The third kappa shape index (κ3) is 15.9. The molecule has 8 heteroatoms. The Morgan fingerprint density at radius 2 is 1.53 bits per heavy atom. The Bertz CT molecular complexity index is 255. The number of hydrogen-bond acceptors (Lipinski definition) is 4. The van der Waals surface area contributed by atoms with Crippen LogP contribution in [0.2, 0.25) is 0 Å². The molecule has 0 aliphatic rings. The summed E-state index contributed by atoms with van der Waals surface area (Å²) in [4.78, 5) is 11.7. The monoisotopic (exact) mass is 242 g/mol. The van der Waals surface area contributed by atoms with Crippen molar-refractivity contribution in [3.63, 3.8) is 0 Å². The van der Waals surface area contributed by atoms with E-state index < -0.39 is 16.4 Å². The number of amides is 1. The molecule has 0 radical (unpaired) electrons.